The lowest BCUT2D eigenvalue weighted by Gasteiger charge is -2.20. The van der Waals surface area contributed by atoms with Crippen LogP contribution in [-0.4, -0.2) is 39.8 Å². The quantitative estimate of drug-likeness (QED) is 0.882. The van der Waals surface area contributed by atoms with Gasteiger partial charge in [-0.2, -0.15) is 4.37 Å². The maximum Gasteiger partial charge on any atom is 0.244 e. The second-order valence-corrected chi connectivity index (χ2v) is 6.42. The third-order valence-corrected chi connectivity index (χ3v) is 4.89. The lowest BCUT2D eigenvalue weighted by Crippen LogP contribution is -2.38. The van der Waals surface area contributed by atoms with Crippen molar-refractivity contribution in [2.24, 2.45) is 0 Å². The molecule has 2 rings (SSSR count). The summed E-state index contributed by atoms with van der Waals surface area (Å²) in [7, 11) is 1.78. The van der Waals surface area contributed by atoms with Gasteiger partial charge in [0.25, 0.3) is 0 Å². The summed E-state index contributed by atoms with van der Waals surface area (Å²) in [5.74, 6) is 0.478. The second-order valence-electron chi connectivity index (χ2n) is 4.78. The highest BCUT2D eigenvalue weighted by atomic mass is 32.1. The predicted molar refractivity (Wildman–Crippen MR) is 88.8 cm³/mol. The number of nitrogens with two attached hydrogens (primary N) is 1. The standard InChI is InChI=1S/C13H19N5OS2/c1-5-18(4)13(19)8(3)16-12-9(10(14)17-21-12)11-15-7(2)6-20-11/h6,8,16H,5H2,1-4H3,(H2,14,17). The molecule has 3 N–H and O–H groups in total. The summed E-state index contributed by atoms with van der Waals surface area (Å²) in [6.45, 7) is 6.39. The molecule has 6 nitrogen and oxygen atoms in total. The Morgan fingerprint density at radius 1 is 1.57 bits per heavy atom. The SMILES string of the molecule is CCN(C)C(=O)C(C)Nc1snc(N)c1-c1nc(C)cs1. The molecule has 0 saturated heterocycles. The van der Waals surface area contributed by atoms with Gasteiger partial charge < -0.3 is 16.0 Å². The maximum atomic E-state index is 12.1. The summed E-state index contributed by atoms with van der Waals surface area (Å²) in [6, 6.07) is -0.338. The number of nitrogens with one attached hydrogen (secondary N) is 1. The number of nitrogen functional groups attached to an aromatic ring is 1. The first-order valence-corrected chi connectivity index (χ1v) is 8.28. The Kier molecular flexibility index (Phi) is 4.79. The van der Waals surface area contributed by atoms with E-state index in [9.17, 15) is 4.79 Å². The molecule has 0 saturated carbocycles. The number of nitrogens with zero attached hydrogens (tertiary/aromatic N) is 3. The van der Waals surface area contributed by atoms with Gasteiger partial charge in [-0.15, -0.1) is 11.3 Å². The largest absolute Gasteiger partial charge is 0.382 e. The van der Waals surface area contributed by atoms with Crippen LogP contribution in [0.2, 0.25) is 0 Å². The molecule has 0 aliphatic carbocycles. The zero-order valence-corrected chi connectivity index (χ0v) is 14.1. The van der Waals surface area contributed by atoms with Crippen LogP contribution in [0.4, 0.5) is 10.8 Å². The minimum atomic E-state index is -0.338. The van der Waals surface area contributed by atoms with Crippen LogP contribution in [0.1, 0.15) is 19.5 Å². The lowest BCUT2D eigenvalue weighted by atomic mass is 10.2. The number of rotatable bonds is 5. The predicted octanol–water partition coefficient (Wildman–Crippen LogP) is 2.44. The van der Waals surface area contributed by atoms with Gasteiger partial charge >= 0.3 is 0 Å². The Labute approximate surface area is 132 Å². The molecular weight excluding hydrogens is 306 g/mol. The maximum absolute atomic E-state index is 12.1. The molecular formula is C13H19N5OS2. The smallest absolute Gasteiger partial charge is 0.244 e. The van der Waals surface area contributed by atoms with Gasteiger partial charge in [0.05, 0.1) is 5.56 Å². The van der Waals surface area contributed by atoms with Crippen LogP contribution in [0.25, 0.3) is 10.6 Å². The van der Waals surface area contributed by atoms with E-state index in [0.717, 1.165) is 21.3 Å². The van der Waals surface area contributed by atoms with E-state index in [0.29, 0.717) is 12.4 Å². The number of aromatic nitrogens is 2. The number of hydrogen-bond acceptors (Lipinski definition) is 7. The van der Waals surface area contributed by atoms with E-state index in [2.05, 4.69) is 14.7 Å². The zero-order valence-electron chi connectivity index (χ0n) is 12.5. The molecule has 1 unspecified atom stereocenters. The van der Waals surface area contributed by atoms with Crippen molar-refractivity contribution < 1.29 is 4.79 Å². The van der Waals surface area contributed by atoms with E-state index < -0.39 is 0 Å². The second kappa shape index (κ2) is 6.40. The van der Waals surface area contributed by atoms with Gasteiger partial charge in [-0.05, 0) is 32.3 Å². The Balaban J connectivity index is 2.24. The van der Waals surface area contributed by atoms with Crippen molar-refractivity contribution in [3.8, 4) is 10.6 Å². The highest BCUT2D eigenvalue weighted by Gasteiger charge is 2.22. The summed E-state index contributed by atoms with van der Waals surface area (Å²) < 4.78 is 4.18. The van der Waals surface area contributed by atoms with Crippen LogP contribution in [0, 0.1) is 6.92 Å². The van der Waals surface area contributed by atoms with Gasteiger partial charge in [-0.25, -0.2) is 4.98 Å². The fraction of sp³-hybridized carbons (Fsp3) is 0.462. The average Bonchev–Trinajstić information content (AvgIpc) is 3.03. The van der Waals surface area contributed by atoms with Gasteiger partial charge in [0, 0.05) is 24.7 Å². The third-order valence-electron chi connectivity index (χ3n) is 3.12. The third kappa shape index (κ3) is 3.33. The molecule has 0 fully saturated rings. The van der Waals surface area contributed by atoms with E-state index in [1.165, 1.54) is 22.9 Å². The number of aryl methyl sites for hydroxylation is 1. The Hall–Kier alpha value is -1.67. The highest BCUT2D eigenvalue weighted by Crippen LogP contribution is 2.38. The van der Waals surface area contributed by atoms with Crippen LogP contribution in [0.3, 0.4) is 0 Å². The molecule has 114 valence electrons. The minimum absolute atomic E-state index is 0.0331. The summed E-state index contributed by atoms with van der Waals surface area (Å²) in [6.07, 6.45) is 0. The van der Waals surface area contributed by atoms with Gasteiger partial charge in [-0.1, -0.05) is 0 Å². The fourth-order valence-corrected chi connectivity index (χ4v) is 3.54. The normalized spacial score (nSPS) is 12.2. The summed E-state index contributed by atoms with van der Waals surface area (Å²) >= 11 is 2.78. The van der Waals surface area contributed by atoms with Crippen molar-refractivity contribution >= 4 is 39.6 Å². The number of amides is 1. The molecule has 1 atom stereocenters. The van der Waals surface area contributed by atoms with Crippen LogP contribution < -0.4 is 11.1 Å². The van der Waals surface area contributed by atoms with Crippen molar-refractivity contribution in [3.63, 3.8) is 0 Å². The highest BCUT2D eigenvalue weighted by molar-refractivity contribution is 7.15. The molecule has 0 spiro atoms. The first-order valence-electron chi connectivity index (χ1n) is 6.63. The van der Waals surface area contributed by atoms with Crippen LogP contribution in [0.15, 0.2) is 5.38 Å². The lowest BCUT2D eigenvalue weighted by molar-refractivity contribution is -0.130. The molecule has 8 heteroatoms. The van der Waals surface area contributed by atoms with Gasteiger partial charge in [0.1, 0.15) is 21.9 Å². The molecule has 0 aliphatic rings. The fourth-order valence-electron chi connectivity index (χ4n) is 1.82. The van der Waals surface area contributed by atoms with E-state index in [-0.39, 0.29) is 11.9 Å². The van der Waals surface area contributed by atoms with Gasteiger partial charge in [-0.3, -0.25) is 4.79 Å². The number of thiazole rings is 1. The minimum Gasteiger partial charge on any atom is -0.382 e. The van der Waals surface area contributed by atoms with Crippen molar-refractivity contribution in [3.05, 3.63) is 11.1 Å². The summed E-state index contributed by atoms with van der Waals surface area (Å²) in [5, 5.41) is 6.78. The number of carbonyl (C=O) groups excluding carboxylic acids is 1. The molecule has 0 radical (unpaired) electrons. The molecule has 0 bridgehead atoms. The van der Waals surface area contributed by atoms with E-state index in [1.54, 1.807) is 11.9 Å². The van der Waals surface area contributed by atoms with E-state index in [4.69, 9.17) is 5.73 Å². The Morgan fingerprint density at radius 2 is 2.29 bits per heavy atom. The van der Waals surface area contributed by atoms with Crippen LogP contribution in [0.5, 0.6) is 0 Å². The monoisotopic (exact) mass is 325 g/mol. The Bertz CT molecular complexity index is 636. The van der Waals surface area contributed by atoms with Crippen molar-refractivity contribution in [1.82, 2.24) is 14.3 Å². The molecule has 21 heavy (non-hydrogen) atoms. The van der Waals surface area contributed by atoms with E-state index in [1.807, 2.05) is 26.2 Å². The van der Waals surface area contributed by atoms with Crippen molar-refractivity contribution in [1.29, 1.82) is 0 Å². The summed E-state index contributed by atoms with van der Waals surface area (Å²) in [5.41, 5.74) is 7.69. The van der Waals surface area contributed by atoms with Crippen molar-refractivity contribution in [2.75, 3.05) is 24.6 Å². The van der Waals surface area contributed by atoms with E-state index >= 15 is 0 Å². The first kappa shape index (κ1) is 15.7. The van der Waals surface area contributed by atoms with Crippen molar-refractivity contribution in [2.45, 2.75) is 26.8 Å². The molecule has 0 aliphatic heterocycles. The Morgan fingerprint density at radius 3 is 2.86 bits per heavy atom. The van der Waals surface area contributed by atoms with Gasteiger partial charge in [0.15, 0.2) is 0 Å². The average molecular weight is 325 g/mol. The number of likely N-dealkylation sites (N-methyl/N-ethyl adjacent to an activating group) is 1. The number of anilines is 2. The molecule has 0 aromatic carbocycles. The zero-order chi connectivity index (χ0) is 15.6. The van der Waals surface area contributed by atoms with Crippen LogP contribution >= 0.6 is 22.9 Å². The number of carbonyl (C=O) groups is 1. The van der Waals surface area contributed by atoms with Crippen LogP contribution in [-0.2, 0) is 4.79 Å². The molecule has 1 amide bonds. The molecule has 2 aromatic heterocycles. The van der Waals surface area contributed by atoms with Gasteiger partial charge in [0.2, 0.25) is 5.91 Å². The molecule has 2 heterocycles. The molecule has 2 aromatic rings. The number of hydrogen-bond donors (Lipinski definition) is 2. The first-order chi connectivity index (χ1) is 9.93. The summed E-state index contributed by atoms with van der Waals surface area (Å²) in [4.78, 5) is 18.3. The topological polar surface area (TPSA) is 84.1 Å².